The number of nitrogens with zero attached hydrogens (tertiary/aromatic N) is 1. The van der Waals surface area contributed by atoms with E-state index in [0.29, 0.717) is 56.4 Å². The number of aliphatic hydroxyl groups excluding tert-OH is 2. The Morgan fingerprint density at radius 2 is 1.62 bits per heavy atom. The number of aliphatic hydroxyl groups is 3. The SMILES string of the molecule is C/C1=C\CC([C@H](C)C[C@H]2CC[C@H](O)CC2)OC(=O)[C@@H]2CCCCN2C(=O)C(=O)[C@]2(O)O[C@@H](CC[C@H]2C)C[C@H](O)/C(C)=C/C=C/C=C/[C@@H](C)C[C@@H](C)C(=O)C[C@@H]1N. The van der Waals surface area contributed by atoms with Crippen molar-refractivity contribution in [3.05, 3.63) is 47.6 Å². The summed E-state index contributed by atoms with van der Waals surface area (Å²) in [6.45, 7) is 11.6. The van der Waals surface area contributed by atoms with E-state index in [-0.39, 0.29) is 49.0 Å². The number of piperidine rings is 1. The van der Waals surface area contributed by atoms with Gasteiger partial charge in [0.2, 0.25) is 5.79 Å². The largest absolute Gasteiger partial charge is 0.460 e. The summed E-state index contributed by atoms with van der Waals surface area (Å²) in [5.41, 5.74) is 8.08. The summed E-state index contributed by atoms with van der Waals surface area (Å²) in [6.07, 6.45) is 16.9. The maximum atomic E-state index is 14.1. The molecule has 11 nitrogen and oxygen atoms in total. The highest BCUT2D eigenvalue weighted by molar-refractivity contribution is 6.39. The maximum Gasteiger partial charge on any atom is 0.329 e. The summed E-state index contributed by atoms with van der Waals surface area (Å²) >= 11 is 0. The molecule has 3 heterocycles. The van der Waals surface area contributed by atoms with Crippen LogP contribution in [0.4, 0.5) is 0 Å². The van der Waals surface area contributed by atoms with Crippen LogP contribution in [0.25, 0.3) is 0 Å². The Morgan fingerprint density at radius 3 is 2.34 bits per heavy atom. The molecule has 0 aromatic heterocycles. The molecule has 3 fully saturated rings. The number of hydrogen-bond acceptors (Lipinski definition) is 10. The van der Waals surface area contributed by atoms with Crippen LogP contribution in [0.2, 0.25) is 0 Å². The van der Waals surface area contributed by atoms with E-state index in [1.807, 2.05) is 44.2 Å². The van der Waals surface area contributed by atoms with Gasteiger partial charge in [-0.2, -0.15) is 0 Å². The quantitative estimate of drug-likeness (QED) is 0.150. The van der Waals surface area contributed by atoms with Gasteiger partial charge in [-0.3, -0.25) is 14.4 Å². The smallest absolute Gasteiger partial charge is 0.329 e. The molecular formula is C45H70N2O9. The Kier molecular flexibility index (Phi) is 17.3. The van der Waals surface area contributed by atoms with Gasteiger partial charge in [-0.15, -0.1) is 0 Å². The second-order valence-electron chi connectivity index (χ2n) is 17.6. The summed E-state index contributed by atoms with van der Waals surface area (Å²) in [5, 5.41) is 32.8. The monoisotopic (exact) mass is 783 g/mol. The molecule has 4 aliphatic rings. The van der Waals surface area contributed by atoms with Crippen LogP contribution < -0.4 is 5.73 Å². The molecule has 10 atom stereocenters. The lowest BCUT2D eigenvalue weighted by Crippen LogP contribution is -2.60. The molecule has 1 aliphatic carbocycles. The Bertz CT molecular complexity index is 1480. The average Bonchev–Trinajstić information content (AvgIpc) is 3.17. The molecule has 56 heavy (non-hydrogen) atoms. The number of esters is 1. The first-order valence-electron chi connectivity index (χ1n) is 21.3. The molecule has 3 aliphatic heterocycles. The number of nitrogens with two attached hydrogens (primary N) is 1. The zero-order chi connectivity index (χ0) is 41.2. The molecule has 0 radical (unpaired) electrons. The highest BCUT2D eigenvalue weighted by atomic mass is 16.6. The van der Waals surface area contributed by atoms with Crippen LogP contribution in [0, 0.1) is 29.6 Å². The Balaban J connectivity index is 1.63. The van der Waals surface area contributed by atoms with Crippen molar-refractivity contribution in [1.29, 1.82) is 0 Å². The van der Waals surface area contributed by atoms with Gasteiger partial charge in [0.15, 0.2) is 0 Å². The van der Waals surface area contributed by atoms with Gasteiger partial charge in [-0.25, -0.2) is 4.79 Å². The summed E-state index contributed by atoms with van der Waals surface area (Å²) < 4.78 is 12.3. The molecular weight excluding hydrogens is 712 g/mol. The van der Waals surface area contributed by atoms with Crippen LogP contribution in [0.3, 0.4) is 0 Å². The molecule has 11 heteroatoms. The first-order valence-corrected chi connectivity index (χ1v) is 21.3. The Labute approximate surface area is 334 Å². The van der Waals surface area contributed by atoms with E-state index >= 15 is 0 Å². The summed E-state index contributed by atoms with van der Waals surface area (Å²) in [7, 11) is 0. The minimum atomic E-state index is -2.40. The summed E-state index contributed by atoms with van der Waals surface area (Å²) in [5.74, 6) is -5.40. The Hall–Kier alpha value is -2.96. The summed E-state index contributed by atoms with van der Waals surface area (Å²) in [4.78, 5) is 56.6. The van der Waals surface area contributed by atoms with Gasteiger partial charge in [0.25, 0.3) is 11.7 Å². The zero-order valence-electron chi connectivity index (χ0n) is 34.7. The van der Waals surface area contributed by atoms with Crippen molar-refractivity contribution in [2.24, 2.45) is 35.3 Å². The fourth-order valence-electron chi connectivity index (χ4n) is 8.76. The number of Topliss-reactive ketones (excluding diaryl/α,β-unsaturated/α-hetero) is 2. The van der Waals surface area contributed by atoms with Crippen molar-refractivity contribution in [1.82, 2.24) is 4.90 Å². The molecule has 1 saturated carbocycles. The number of allylic oxidation sites excluding steroid dienone is 5. The highest BCUT2D eigenvalue weighted by Gasteiger charge is 2.53. The van der Waals surface area contributed by atoms with Crippen molar-refractivity contribution in [2.75, 3.05) is 6.54 Å². The fourth-order valence-corrected chi connectivity index (χ4v) is 8.76. The zero-order valence-corrected chi connectivity index (χ0v) is 34.7. The van der Waals surface area contributed by atoms with E-state index in [2.05, 4.69) is 13.8 Å². The number of carbonyl (C=O) groups is 4. The van der Waals surface area contributed by atoms with Crippen molar-refractivity contribution >= 4 is 23.4 Å². The first kappa shape index (κ1) is 45.7. The van der Waals surface area contributed by atoms with Crippen LogP contribution >= 0.6 is 0 Å². The number of ketones is 2. The van der Waals surface area contributed by atoms with Gasteiger partial charge in [0, 0.05) is 43.7 Å². The van der Waals surface area contributed by atoms with Crippen molar-refractivity contribution < 1.29 is 44.0 Å². The number of amides is 1. The van der Waals surface area contributed by atoms with Gasteiger partial charge >= 0.3 is 5.97 Å². The molecule has 314 valence electrons. The average molecular weight is 783 g/mol. The molecule has 0 aromatic carbocycles. The Morgan fingerprint density at radius 1 is 0.911 bits per heavy atom. The van der Waals surface area contributed by atoms with E-state index in [0.717, 1.165) is 37.7 Å². The lowest BCUT2D eigenvalue weighted by Gasteiger charge is -2.42. The minimum Gasteiger partial charge on any atom is -0.460 e. The van der Waals surface area contributed by atoms with Gasteiger partial charge in [-0.1, -0.05) is 69.7 Å². The third-order valence-electron chi connectivity index (χ3n) is 12.9. The lowest BCUT2D eigenvalue weighted by atomic mass is 9.80. The molecule has 0 aromatic rings. The second kappa shape index (κ2) is 21.2. The molecule has 1 amide bonds. The fraction of sp³-hybridized carbons (Fsp3) is 0.733. The van der Waals surface area contributed by atoms with E-state index in [1.54, 1.807) is 19.9 Å². The van der Waals surface area contributed by atoms with Crippen molar-refractivity contribution in [2.45, 2.75) is 174 Å². The van der Waals surface area contributed by atoms with Gasteiger partial charge < -0.3 is 35.4 Å². The van der Waals surface area contributed by atoms with Gasteiger partial charge in [-0.05, 0) is 108 Å². The number of rotatable bonds is 3. The van der Waals surface area contributed by atoms with Crippen LogP contribution in [0.15, 0.2) is 47.6 Å². The van der Waals surface area contributed by atoms with E-state index in [4.69, 9.17) is 15.2 Å². The number of ether oxygens (including phenoxy) is 2. The topological polar surface area (TPSA) is 177 Å². The van der Waals surface area contributed by atoms with Crippen LogP contribution in [-0.4, -0.2) is 92.5 Å². The third kappa shape index (κ3) is 12.5. The molecule has 5 N–H and O–H groups in total. The maximum absolute atomic E-state index is 14.1. The van der Waals surface area contributed by atoms with Crippen LogP contribution in [-0.2, 0) is 28.7 Å². The molecule has 2 bridgehead atoms. The van der Waals surface area contributed by atoms with Crippen molar-refractivity contribution in [3.63, 3.8) is 0 Å². The predicted molar refractivity (Wildman–Crippen MR) is 216 cm³/mol. The van der Waals surface area contributed by atoms with Crippen LogP contribution in [0.5, 0.6) is 0 Å². The molecule has 1 unspecified atom stereocenters. The third-order valence-corrected chi connectivity index (χ3v) is 12.9. The highest BCUT2D eigenvalue weighted by Crippen LogP contribution is 2.37. The summed E-state index contributed by atoms with van der Waals surface area (Å²) in [6, 6.07) is -1.50. The van der Waals surface area contributed by atoms with Crippen LogP contribution in [0.1, 0.15) is 131 Å². The van der Waals surface area contributed by atoms with E-state index in [9.17, 15) is 34.5 Å². The van der Waals surface area contributed by atoms with Crippen molar-refractivity contribution in [3.8, 4) is 0 Å². The van der Waals surface area contributed by atoms with Gasteiger partial charge in [0.1, 0.15) is 17.9 Å². The predicted octanol–water partition coefficient (Wildman–Crippen LogP) is 6.04. The van der Waals surface area contributed by atoms with Gasteiger partial charge in [0.05, 0.1) is 18.3 Å². The molecule has 0 spiro atoms. The molecule has 4 rings (SSSR count). The number of hydrogen-bond donors (Lipinski definition) is 4. The standard InChI is InChI=1S/C45H70N2O9/c1-28-12-8-7-9-13-30(3)39(49)26-36-21-16-33(6)45(54,56-36)42(51)43(52)47-23-11-10-14-38(47)44(53)55-41(32(5)25-34-17-19-35(48)20-18-34)22-15-29(2)37(46)27-40(50)31(4)24-28/h7-9,12-13,15,28,31-39,41,48-49,54H,10-11,14,16-27,46H2,1-6H3/b9-7+,12-8+,29-15+,30-13+/t28-,31-,32-,33-,34-,35-,36+,37+,38+,39+,41?,45-/m1/s1. The number of carbonyl (C=O) groups excluding carboxylic acids is 4. The normalized spacial score (nSPS) is 40.5. The first-order chi connectivity index (χ1) is 26.5. The number of cyclic esters (lactones) is 1. The number of fused-ring (bicyclic) bond motifs is 3. The minimum absolute atomic E-state index is 0.0566. The molecule has 2 saturated heterocycles. The van der Waals surface area contributed by atoms with E-state index in [1.165, 1.54) is 4.90 Å². The van der Waals surface area contributed by atoms with E-state index < -0.39 is 59.8 Å². The lowest BCUT2D eigenvalue weighted by molar-refractivity contribution is -0.265. The second-order valence-corrected chi connectivity index (χ2v) is 17.6.